The van der Waals surface area contributed by atoms with Crippen LogP contribution in [0.15, 0.2) is 18.2 Å². The molecule has 0 amide bonds. The predicted octanol–water partition coefficient (Wildman–Crippen LogP) is 3.61. The Bertz CT molecular complexity index is 419. The van der Waals surface area contributed by atoms with Gasteiger partial charge in [0.15, 0.2) is 0 Å². The lowest BCUT2D eigenvalue weighted by molar-refractivity contribution is -0.138. The molecule has 1 N–H and O–H groups in total. The zero-order valence-corrected chi connectivity index (χ0v) is 9.02. The lowest BCUT2D eigenvalue weighted by atomic mass is 9.91. The highest BCUT2D eigenvalue weighted by Crippen LogP contribution is 2.40. The molecule has 2 rings (SSSR count). The van der Waals surface area contributed by atoms with Gasteiger partial charge in [0.25, 0.3) is 0 Å². The molecule has 0 saturated heterocycles. The molecule has 0 bridgehead atoms. The molecule has 1 aliphatic carbocycles. The standard InChI is InChI=1S/C12H12F4O/c13-10-6-8(11(17)3-1-2-4-11)5-9(7-10)12(14,15)16/h5-7,17H,1-4H2. The van der Waals surface area contributed by atoms with Crippen molar-refractivity contribution < 1.29 is 22.7 Å². The molecule has 0 aliphatic heterocycles. The quantitative estimate of drug-likeness (QED) is 0.753. The van der Waals surface area contributed by atoms with Gasteiger partial charge in [-0.3, -0.25) is 0 Å². The highest BCUT2D eigenvalue weighted by Gasteiger charge is 2.37. The normalized spacial score (nSPS) is 19.6. The molecule has 1 nitrogen and oxygen atoms in total. The maximum Gasteiger partial charge on any atom is 0.416 e. The second kappa shape index (κ2) is 3.98. The van der Waals surface area contributed by atoms with Gasteiger partial charge in [0, 0.05) is 0 Å². The number of aliphatic hydroxyl groups is 1. The molecule has 0 aromatic heterocycles. The van der Waals surface area contributed by atoms with Gasteiger partial charge in [0.1, 0.15) is 5.82 Å². The van der Waals surface area contributed by atoms with Gasteiger partial charge >= 0.3 is 6.18 Å². The van der Waals surface area contributed by atoms with Crippen LogP contribution in [0.4, 0.5) is 17.6 Å². The molecule has 0 heterocycles. The summed E-state index contributed by atoms with van der Waals surface area (Å²) < 4.78 is 50.7. The van der Waals surface area contributed by atoms with E-state index >= 15 is 0 Å². The molecular weight excluding hydrogens is 236 g/mol. The fourth-order valence-electron chi connectivity index (χ4n) is 2.27. The van der Waals surface area contributed by atoms with Crippen molar-refractivity contribution in [1.82, 2.24) is 0 Å². The summed E-state index contributed by atoms with van der Waals surface area (Å²) in [5.41, 5.74) is -2.32. The first-order valence-corrected chi connectivity index (χ1v) is 5.42. The number of hydrogen-bond acceptors (Lipinski definition) is 1. The average molecular weight is 248 g/mol. The predicted molar refractivity (Wildman–Crippen MR) is 53.8 cm³/mol. The topological polar surface area (TPSA) is 20.2 Å². The molecule has 1 fully saturated rings. The summed E-state index contributed by atoms with van der Waals surface area (Å²) in [6, 6.07) is 2.27. The lowest BCUT2D eigenvalue weighted by Crippen LogP contribution is -2.22. The fourth-order valence-corrected chi connectivity index (χ4v) is 2.27. The Hall–Kier alpha value is -1.10. The minimum Gasteiger partial charge on any atom is -0.385 e. The van der Waals surface area contributed by atoms with Crippen LogP contribution in [0, 0.1) is 5.82 Å². The van der Waals surface area contributed by atoms with Crippen LogP contribution in [0.1, 0.15) is 36.8 Å². The Morgan fingerprint density at radius 2 is 1.65 bits per heavy atom. The largest absolute Gasteiger partial charge is 0.416 e. The molecule has 1 saturated carbocycles. The summed E-state index contributed by atoms with van der Waals surface area (Å²) in [6.45, 7) is 0. The Morgan fingerprint density at radius 3 is 2.18 bits per heavy atom. The number of rotatable bonds is 1. The molecule has 0 spiro atoms. The van der Waals surface area contributed by atoms with E-state index in [1.54, 1.807) is 0 Å². The molecule has 0 radical (unpaired) electrons. The molecular formula is C12H12F4O. The fraction of sp³-hybridized carbons (Fsp3) is 0.500. The van der Waals surface area contributed by atoms with E-state index in [0.29, 0.717) is 18.9 Å². The summed E-state index contributed by atoms with van der Waals surface area (Å²) in [5, 5.41) is 10.1. The lowest BCUT2D eigenvalue weighted by Gasteiger charge is -2.23. The van der Waals surface area contributed by atoms with E-state index in [-0.39, 0.29) is 5.56 Å². The first-order valence-electron chi connectivity index (χ1n) is 5.42. The second-order valence-corrected chi connectivity index (χ2v) is 4.47. The van der Waals surface area contributed by atoms with Crippen LogP contribution in [0.25, 0.3) is 0 Å². The van der Waals surface area contributed by atoms with Gasteiger partial charge in [-0.05, 0) is 36.6 Å². The van der Waals surface area contributed by atoms with Gasteiger partial charge in [0.2, 0.25) is 0 Å². The number of halogens is 4. The maximum atomic E-state index is 13.2. The van der Waals surface area contributed by atoms with Gasteiger partial charge in [-0.1, -0.05) is 12.8 Å². The van der Waals surface area contributed by atoms with E-state index in [1.807, 2.05) is 0 Å². The zero-order valence-electron chi connectivity index (χ0n) is 9.02. The van der Waals surface area contributed by atoms with Crippen LogP contribution in [0.3, 0.4) is 0 Å². The maximum absolute atomic E-state index is 13.2. The van der Waals surface area contributed by atoms with E-state index in [1.165, 1.54) is 0 Å². The van der Waals surface area contributed by atoms with Crippen LogP contribution in [0.2, 0.25) is 0 Å². The summed E-state index contributed by atoms with van der Waals surface area (Å²) in [5.74, 6) is -0.963. The van der Waals surface area contributed by atoms with Gasteiger partial charge in [-0.15, -0.1) is 0 Å². The number of benzene rings is 1. The third kappa shape index (κ3) is 2.44. The highest BCUT2D eigenvalue weighted by atomic mass is 19.4. The molecule has 0 atom stereocenters. The average Bonchev–Trinajstić information content (AvgIpc) is 2.64. The molecule has 1 aromatic carbocycles. The van der Waals surface area contributed by atoms with Crippen molar-refractivity contribution in [2.45, 2.75) is 37.5 Å². The van der Waals surface area contributed by atoms with Crippen molar-refractivity contribution in [3.05, 3.63) is 35.1 Å². The third-order valence-corrected chi connectivity index (χ3v) is 3.19. The second-order valence-electron chi connectivity index (χ2n) is 4.47. The zero-order chi connectivity index (χ0) is 12.7. The van der Waals surface area contributed by atoms with Crippen molar-refractivity contribution in [2.24, 2.45) is 0 Å². The molecule has 1 aliphatic rings. The van der Waals surface area contributed by atoms with Crippen LogP contribution in [0.5, 0.6) is 0 Å². The van der Waals surface area contributed by atoms with Crippen LogP contribution >= 0.6 is 0 Å². The van der Waals surface area contributed by atoms with Crippen molar-refractivity contribution in [1.29, 1.82) is 0 Å². The SMILES string of the molecule is OC1(c2cc(F)cc(C(F)(F)F)c2)CCCC1. The third-order valence-electron chi connectivity index (χ3n) is 3.19. The Labute approximate surface area is 96.1 Å². The molecule has 17 heavy (non-hydrogen) atoms. The summed E-state index contributed by atoms with van der Waals surface area (Å²) in [6.07, 6.45) is -2.34. The number of alkyl halides is 3. The van der Waals surface area contributed by atoms with E-state index in [0.717, 1.165) is 25.0 Å². The molecule has 94 valence electrons. The Morgan fingerprint density at radius 1 is 1.06 bits per heavy atom. The van der Waals surface area contributed by atoms with E-state index < -0.39 is 23.2 Å². The first-order chi connectivity index (χ1) is 7.81. The van der Waals surface area contributed by atoms with Crippen LogP contribution in [-0.4, -0.2) is 5.11 Å². The van der Waals surface area contributed by atoms with Crippen molar-refractivity contribution in [3.63, 3.8) is 0 Å². The summed E-state index contributed by atoms with van der Waals surface area (Å²) in [7, 11) is 0. The summed E-state index contributed by atoms with van der Waals surface area (Å²) in [4.78, 5) is 0. The van der Waals surface area contributed by atoms with Crippen molar-refractivity contribution >= 4 is 0 Å². The summed E-state index contributed by atoms with van der Waals surface area (Å²) >= 11 is 0. The van der Waals surface area contributed by atoms with Crippen molar-refractivity contribution in [2.75, 3.05) is 0 Å². The Balaban J connectivity index is 2.45. The first kappa shape index (κ1) is 12.4. The van der Waals surface area contributed by atoms with Gasteiger partial charge < -0.3 is 5.11 Å². The highest BCUT2D eigenvalue weighted by molar-refractivity contribution is 5.31. The van der Waals surface area contributed by atoms with Crippen molar-refractivity contribution in [3.8, 4) is 0 Å². The van der Waals surface area contributed by atoms with Crippen LogP contribution in [-0.2, 0) is 11.8 Å². The molecule has 5 heteroatoms. The van der Waals surface area contributed by atoms with Gasteiger partial charge in [-0.25, -0.2) is 4.39 Å². The van der Waals surface area contributed by atoms with Gasteiger partial charge in [-0.2, -0.15) is 13.2 Å². The van der Waals surface area contributed by atoms with E-state index in [2.05, 4.69) is 0 Å². The number of hydrogen-bond donors (Lipinski definition) is 1. The minimum absolute atomic E-state index is 0.0299. The van der Waals surface area contributed by atoms with E-state index in [4.69, 9.17) is 0 Å². The Kier molecular flexibility index (Phi) is 2.89. The van der Waals surface area contributed by atoms with E-state index in [9.17, 15) is 22.7 Å². The molecule has 0 unspecified atom stereocenters. The molecule has 1 aromatic rings. The van der Waals surface area contributed by atoms with Crippen LogP contribution < -0.4 is 0 Å². The van der Waals surface area contributed by atoms with Gasteiger partial charge in [0.05, 0.1) is 11.2 Å². The minimum atomic E-state index is -4.59. The smallest absolute Gasteiger partial charge is 0.385 e. The monoisotopic (exact) mass is 248 g/mol.